The van der Waals surface area contributed by atoms with Gasteiger partial charge in [-0.2, -0.15) is 4.37 Å². The largest absolute Gasteiger partial charge is 0.508 e. The van der Waals surface area contributed by atoms with Gasteiger partial charge in [-0.1, -0.05) is 24.3 Å². The zero-order valence-corrected chi connectivity index (χ0v) is 20.6. The minimum atomic E-state index is -1.12. The van der Waals surface area contributed by atoms with Crippen LogP contribution in [0, 0.1) is 0 Å². The zero-order valence-electron chi connectivity index (χ0n) is 19.8. The number of hydrogen-bond acceptors (Lipinski definition) is 9. The first-order valence-corrected chi connectivity index (χ1v) is 11.6. The second-order valence-electron chi connectivity index (χ2n) is 7.70. The summed E-state index contributed by atoms with van der Waals surface area (Å²) in [4.78, 5) is 40.2. The van der Waals surface area contributed by atoms with Gasteiger partial charge in [0, 0.05) is 20.2 Å². The van der Waals surface area contributed by atoms with Gasteiger partial charge in [0.1, 0.15) is 22.4 Å². The van der Waals surface area contributed by atoms with Crippen LogP contribution in [0.2, 0.25) is 0 Å². The lowest BCUT2D eigenvalue weighted by molar-refractivity contribution is -0.126. The van der Waals surface area contributed by atoms with Gasteiger partial charge in [0.25, 0.3) is 11.8 Å². The molecule has 1 atom stereocenters. The summed E-state index contributed by atoms with van der Waals surface area (Å²) in [6, 6.07) is 11.8. The fraction of sp³-hybridized carbons (Fsp3) is 0.250. The smallest absolute Gasteiger partial charge is 0.270 e. The summed E-state index contributed by atoms with van der Waals surface area (Å²) in [6.07, 6.45) is 0. The predicted molar refractivity (Wildman–Crippen MR) is 134 cm³/mol. The number of ether oxygens (including phenoxy) is 2. The summed E-state index contributed by atoms with van der Waals surface area (Å²) >= 11 is 0.727. The van der Waals surface area contributed by atoms with Crippen molar-refractivity contribution >= 4 is 34.9 Å². The van der Waals surface area contributed by atoms with Crippen LogP contribution < -0.4 is 21.5 Å². The van der Waals surface area contributed by atoms with Crippen LogP contribution in [0.25, 0.3) is 0 Å². The molecule has 0 bridgehead atoms. The van der Waals surface area contributed by atoms with Gasteiger partial charge in [0.15, 0.2) is 5.69 Å². The quantitative estimate of drug-likeness (QED) is 0.281. The van der Waals surface area contributed by atoms with Crippen molar-refractivity contribution in [2.24, 2.45) is 5.73 Å². The number of methoxy groups -OCH3 is 2. The van der Waals surface area contributed by atoms with E-state index in [1.54, 1.807) is 43.5 Å². The van der Waals surface area contributed by atoms with Gasteiger partial charge in [0.05, 0.1) is 19.4 Å². The second-order valence-corrected chi connectivity index (χ2v) is 8.47. The fourth-order valence-corrected chi connectivity index (χ4v) is 4.23. The first kappa shape index (κ1) is 26.4. The molecule has 0 aliphatic rings. The van der Waals surface area contributed by atoms with Crippen LogP contribution in [0.3, 0.4) is 0 Å². The lowest BCUT2D eigenvalue weighted by Gasteiger charge is -2.31. The van der Waals surface area contributed by atoms with Crippen molar-refractivity contribution < 1.29 is 29.0 Å². The summed E-state index contributed by atoms with van der Waals surface area (Å²) < 4.78 is 14.2. The maximum absolute atomic E-state index is 13.8. The fourth-order valence-electron chi connectivity index (χ4n) is 3.47. The van der Waals surface area contributed by atoms with Crippen LogP contribution in [0.5, 0.6) is 11.5 Å². The number of phenolic OH excluding ortho intramolecular Hbond substituents is 1. The number of nitrogens with zero attached hydrogens (tertiary/aromatic N) is 2. The van der Waals surface area contributed by atoms with Crippen molar-refractivity contribution in [3.05, 3.63) is 70.2 Å². The number of nitrogen functional groups attached to an aromatic ring is 1. The Hall–Kier alpha value is -4.16. The molecule has 0 saturated carbocycles. The van der Waals surface area contributed by atoms with Crippen molar-refractivity contribution in [3.63, 3.8) is 0 Å². The Balaban J connectivity index is 2.09. The summed E-state index contributed by atoms with van der Waals surface area (Å²) in [7, 11) is 3.05. The minimum absolute atomic E-state index is 0.00289. The number of aromatic hydroxyl groups is 1. The Morgan fingerprint density at radius 3 is 2.33 bits per heavy atom. The number of nitrogens with one attached hydrogen (secondary N) is 1. The minimum Gasteiger partial charge on any atom is -0.508 e. The van der Waals surface area contributed by atoms with E-state index >= 15 is 0 Å². The van der Waals surface area contributed by atoms with E-state index in [-0.39, 0.29) is 41.7 Å². The molecule has 0 spiro atoms. The average Bonchev–Trinajstić information content (AvgIpc) is 3.26. The standard InChI is InChI=1S/C24H27N5O6S/c1-34-12-11-27-23(32)20(15-5-7-16(30)8-6-15)29(13-14-3-9-17(35-2)10-4-14)24(33)21-18(25)19(22(26)31)28-36-21/h3-10,20,30H,11-13,25H2,1-2H3,(H2,26,31)(H,27,32)/t20-/m0/s1. The molecule has 1 heterocycles. The average molecular weight is 514 g/mol. The SMILES string of the molecule is COCCNC(=O)[C@H](c1ccc(O)cc1)N(Cc1ccc(OC)cc1)C(=O)c1snc(C(N)=O)c1N. The van der Waals surface area contributed by atoms with E-state index in [0.717, 1.165) is 11.5 Å². The number of rotatable bonds is 11. The maximum Gasteiger partial charge on any atom is 0.270 e. The molecule has 36 heavy (non-hydrogen) atoms. The van der Waals surface area contributed by atoms with E-state index in [1.807, 2.05) is 0 Å². The number of anilines is 1. The Kier molecular flexibility index (Phi) is 8.81. The van der Waals surface area contributed by atoms with Crippen molar-refractivity contribution in [2.75, 3.05) is 33.1 Å². The zero-order chi connectivity index (χ0) is 26.2. The first-order valence-electron chi connectivity index (χ1n) is 10.8. The molecule has 6 N–H and O–H groups in total. The van der Waals surface area contributed by atoms with Crippen LogP contribution in [-0.2, 0) is 16.1 Å². The third-order valence-corrected chi connectivity index (χ3v) is 6.15. The highest BCUT2D eigenvalue weighted by Crippen LogP contribution is 2.31. The van der Waals surface area contributed by atoms with Gasteiger partial charge in [-0.3, -0.25) is 14.4 Å². The second kappa shape index (κ2) is 12.0. The van der Waals surface area contributed by atoms with Crippen molar-refractivity contribution in [1.82, 2.24) is 14.6 Å². The maximum atomic E-state index is 13.8. The molecule has 3 amide bonds. The van der Waals surface area contributed by atoms with Gasteiger partial charge in [-0.25, -0.2) is 0 Å². The van der Waals surface area contributed by atoms with Gasteiger partial charge >= 0.3 is 0 Å². The Morgan fingerprint density at radius 2 is 1.78 bits per heavy atom. The van der Waals surface area contributed by atoms with E-state index < -0.39 is 23.8 Å². The van der Waals surface area contributed by atoms with Crippen LogP contribution in [0.15, 0.2) is 48.5 Å². The molecule has 0 fully saturated rings. The molecule has 3 aromatic rings. The number of aromatic nitrogens is 1. The third-order valence-electron chi connectivity index (χ3n) is 5.30. The summed E-state index contributed by atoms with van der Waals surface area (Å²) in [5, 5.41) is 12.5. The van der Waals surface area contributed by atoms with Gasteiger partial charge in [0.2, 0.25) is 5.91 Å². The molecule has 2 aromatic carbocycles. The van der Waals surface area contributed by atoms with Crippen molar-refractivity contribution in [3.8, 4) is 11.5 Å². The first-order chi connectivity index (χ1) is 17.3. The Labute approximate surface area is 211 Å². The number of carbonyl (C=O) groups excluding carboxylic acids is 3. The molecule has 0 aliphatic heterocycles. The van der Waals surface area contributed by atoms with Gasteiger partial charge < -0.3 is 36.3 Å². The van der Waals surface area contributed by atoms with Crippen LogP contribution in [0.4, 0.5) is 5.69 Å². The topological polar surface area (TPSA) is 170 Å². The number of hydrogen-bond donors (Lipinski definition) is 4. The van der Waals surface area contributed by atoms with E-state index in [1.165, 1.54) is 24.1 Å². The van der Waals surface area contributed by atoms with Crippen LogP contribution in [0.1, 0.15) is 37.3 Å². The van der Waals surface area contributed by atoms with E-state index in [9.17, 15) is 19.5 Å². The summed E-state index contributed by atoms with van der Waals surface area (Å²) in [5.41, 5.74) is 12.2. The molecule has 11 nitrogen and oxygen atoms in total. The molecule has 0 radical (unpaired) electrons. The number of phenols is 1. The van der Waals surface area contributed by atoms with Crippen LogP contribution >= 0.6 is 11.5 Å². The van der Waals surface area contributed by atoms with E-state index in [2.05, 4.69) is 9.69 Å². The lowest BCUT2D eigenvalue weighted by Crippen LogP contribution is -2.44. The summed E-state index contributed by atoms with van der Waals surface area (Å²) in [5.74, 6) is -1.33. The molecule has 0 unspecified atom stereocenters. The molecule has 3 rings (SSSR count). The molecule has 0 aliphatic carbocycles. The monoisotopic (exact) mass is 513 g/mol. The third kappa shape index (κ3) is 6.09. The molecule has 190 valence electrons. The van der Waals surface area contributed by atoms with E-state index in [0.29, 0.717) is 16.9 Å². The van der Waals surface area contributed by atoms with Gasteiger partial charge in [-0.15, -0.1) is 0 Å². The van der Waals surface area contributed by atoms with Crippen molar-refractivity contribution in [1.29, 1.82) is 0 Å². The van der Waals surface area contributed by atoms with E-state index in [4.69, 9.17) is 20.9 Å². The number of primary amides is 1. The molecule has 0 saturated heterocycles. The van der Waals surface area contributed by atoms with Gasteiger partial charge in [-0.05, 0) is 46.9 Å². The summed E-state index contributed by atoms with van der Waals surface area (Å²) in [6.45, 7) is 0.489. The highest BCUT2D eigenvalue weighted by Gasteiger charge is 2.35. The molecule has 1 aromatic heterocycles. The lowest BCUT2D eigenvalue weighted by atomic mass is 10.0. The van der Waals surface area contributed by atoms with Crippen LogP contribution in [-0.4, -0.2) is 59.5 Å². The highest BCUT2D eigenvalue weighted by molar-refractivity contribution is 7.09. The molecular weight excluding hydrogens is 486 g/mol. The number of nitrogens with two attached hydrogens (primary N) is 2. The number of amides is 3. The Morgan fingerprint density at radius 1 is 1.11 bits per heavy atom. The van der Waals surface area contributed by atoms with Crippen molar-refractivity contribution in [2.45, 2.75) is 12.6 Å². The number of carbonyl (C=O) groups is 3. The predicted octanol–water partition coefficient (Wildman–Crippen LogP) is 1.68. The molecule has 12 heteroatoms. The molecular formula is C24H27N5O6S. The number of benzene rings is 2. The Bertz CT molecular complexity index is 1210. The highest BCUT2D eigenvalue weighted by atomic mass is 32.1. The normalized spacial score (nSPS) is 11.5.